The van der Waals surface area contributed by atoms with Crippen LogP contribution in [0.15, 0.2) is 24.3 Å². The van der Waals surface area contributed by atoms with Crippen molar-refractivity contribution >= 4 is 5.97 Å². The lowest BCUT2D eigenvalue weighted by atomic mass is 9.89. The van der Waals surface area contributed by atoms with Crippen molar-refractivity contribution in [2.75, 3.05) is 19.6 Å². The first-order valence-corrected chi connectivity index (χ1v) is 6.38. The van der Waals surface area contributed by atoms with E-state index < -0.39 is 5.97 Å². The lowest BCUT2D eigenvalue weighted by molar-refractivity contribution is -0.137. The van der Waals surface area contributed by atoms with E-state index >= 15 is 0 Å². The van der Waals surface area contributed by atoms with E-state index in [1.54, 1.807) is 12.1 Å². The molecule has 4 heteroatoms. The van der Waals surface area contributed by atoms with E-state index in [1.807, 2.05) is 12.1 Å². The van der Waals surface area contributed by atoms with Crippen LogP contribution in [0, 0.1) is 0 Å². The van der Waals surface area contributed by atoms with Crippen molar-refractivity contribution in [2.45, 2.75) is 25.2 Å². The zero-order chi connectivity index (χ0) is 13.0. The molecule has 0 amide bonds. The summed E-state index contributed by atoms with van der Waals surface area (Å²) in [6, 6.07) is 7.41. The molecule has 0 radical (unpaired) electrons. The highest BCUT2D eigenvalue weighted by atomic mass is 16.4. The third-order valence-corrected chi connectivity index (χ3v) is 3.59. The number of rotatable bonds is 4. The lowest BCUT2D eigenvalue weighted by Crippen LogP contribution is -2.34. The number of carboxylic acids is 1. The van der Waals surface area contributed by atoms with Gasteiger partial charge in [-0.15, -0.1) is 0 Å². The molecule has 0 unspecified atom stereocenters. The Labute approximate surface area is 107 Å². The Hall–Kier alpha value is -1.55. The molecule has 98 valence electrons. The quantitative estimate of drug-likeness (QED) is 0.857. The fraction of sp³-hybridized carbons (Fsp3) is 0.500. The average molecular weight is 249 g/mol. The van der Waals surface area contributed by atoms with Gasteiger partial charge in [-0.05, 0) is 49.5 Å². The summed E-state index contributed by atoms with van der Waals surface area (Å²) < 4.78 is 0. The molecule has 2 rings (SSSR count). The Balaban J connectivity index is 1.83. The van der Waals surface area contributed by atoms with E-state index in [0.717, 1.165) is 25.9 Å². The first-order valence-electron chi connectivity index (χ1n) is 6.38. The van der Waals surface area contributed by atoms with Gasteiger partial charge in [-0.1, -0.05) is 12.1 Å². The molecule has 0 atom stereocenters. The number of carbonyl (C=O) groups is 1. The molecular formula is C14H19NO3. The van der Waals surface area contributed by atoms with E-state index in [-0.39, 0.29) is 6.42 Å². The van der Waals surface area contributed by atoms with Crippen LogP contribution in [0.3, 0.4) is 0 Å². The number of benzene rings is 1. The predicted molar refractivity (Wildman–Crippen MR) is 68.8 cm³/mol. The summed E-state index contributed by atoms with van der Waals surface area (Å²) in [6.07, 6.45) is 2.35. The van der Waals surface area contributed by atoms with Gasteiger partial charge in [0.15, 0.2) is 0 Å². The summed E-state index contributed by atoms with van der Waals surface area (Å²) in [5, 5.41) is 17.9. The Morgan fingerprint density at radius 2 is 1.83 bits per heavy atom. The number of hydrogen-bond acceptors (Lipinski definition) is 3. The maximum absolute atomic E-state index is 10.5. The molecule has 0 aromatic heterocycles. The van der Waals surface area contributed by atoms with Crippen LogP contribution in [0.1, 0.15) is 30.7 Å². The van der Waals surface area contributed by atoms with Gasteiger partial charge in [0.1, 0.15) is 5.75 Å². The molecule has 1 aromatic rings. The summed E-state index contributed by atoms with van der Waals surface area (Å²) >= 11 is 0. The molecular weight excluding hydrogens is 230 g/mol. The molecule has 0 saturated carbocycles. The minimum atomic E-state index is -0.726. The molecule has 1 aliphatic heterocycles. The Kier molecular flexibility index (Phi) is 4.20. The first kappa shape index (κ1) is 12.9. The minimum absolute atomic E-state index is 0.226. The van der Waals surface area contributed by atoms with Crippen molar-refractivity contribution in [2.24, 2.45) is 0 Å². The van der Waals surface area contributed by atoms with Gasteiger partial charge in [-0.2, -0.15) is 0 Å². The minimum Gasteiger partial charge on any atom is -0.508 e. The fourth-order valence-electron chi connectivity index (χ4n) is 2.49. The second-order valence-electron chi connectivity index (χ2n) is 4.85. The first-order chi connectivity index (χ1) is 8.65. The molecule has 0 spiro atoms. The Morgan fingerprint density at radius 3 is 2.39 bits per heavy atom. The number of hydrogen-bond donors (Lipinski definition) is 2. The van der Waals surface area contributed by atoms with E-state index in [0.29, 0.717) is 18.2 Å². The monoisotopic (exact) mass is 249 g/mol. The molecule has 1 saturated heterocycles. The van der Waals surface area contributed by atoms with Gasteiger partial charge in [-0.3, -0.25) is 4.79 Å². The number of aromatic hydroxyl groups is 1. The van der Waals surface area contributed by atoms with E-state index in [9.17, 15) is 9.90 Å². The zero-order valence-electron chi connectivity index (χ0n) is 10.4. The Bertz CT molecular complexity index is 394. The molecule has 18 heavy (non-hydrogen) atoms. The zero-order valence-corrected chi connectivity index (χ0v) is 10.4. The van der Waals surface area contributed by atoms with Crippen molar-refractivity contribution in [1.82, 2.24) is 4.90 Å². The summed E-state index contributed by atoms with van der Waals surface area (Å²) in [6.45, 7) is 2.56. The summed E-state index contributed by atoms with van der Waals surface area (Å²) in [4.78, 5) is 12.7. The van der Waals surface area contributed by atoms with Crippen LogP contribution in [-0.4, -0.2) is 40.7 Å². The van der Waals surface area contributed by atoms with Gasteiger partial charge in [0.2, 0.25) is 0 Å². The average Bonchev–Trinajstić information content (AvgIpc) is 2.38. The van der Waals surface area contributed by atoms with Crippen LogP contribution >= 0.6 is 0 Å². The highest BCUT2D eigenvalue weighted by Gasteiger charge is 2.20. The number of nitrogens with zero attached hydrogens (tertiary/aromatic N) is 1. The van der Waals surface area contributed by atoms with Crippen LogP contribution in [0.5, 0.6) is 5.75 Å². The third kappa shape index (κ3) is 3.47. The van der Waals surface area contributed by atoms with Gasteiger partial charge in [0, 0.05) is 6.54 Å². The van der Waals surface area contributed by atoms with Crippen LogP contribution in [0.25, 0.3) is 0 Å². The van der Waals surface area contributed by atoms with E-state index in [4.69, 9.17) is 5.11 Å². The van der Waals surface area contributed by atoms with Gasteiger partial charge in [0.25, 0.3) is 0 Å². The number of carboxylic acid groups (broad SMARTS) is 1. The van der Waals surface area contributed by atoms with Crippen molar-refractivity contribution < 1.29 is 15.0 Å². The maximum Gasteiger partial charge on any atom is 0.304 e. The van der Waals surface area contributed by atoms with Crippen LogP contribution < -0.4 is 0 Å². The van der Waals surface area contributed by atoms with Crippen molar-refractivity contribution in [3.8, 4) is 5.75 Å². The number of aliphatic carboxylic acids is 1. The topological polar surface area (TPSA) is 60.8 Å². The number of likely N-dealkylation sites (tertiary alicyclic amines) is 1. The molecule has 1 heterocycles. The largest absolute Gasteiger partial charge is 0.508 e. The van der Waals surface area contributed by atoms with Crippen LogP contribution in [-0.2, 0) is 4.79 Å². The highest BCUT2D eigenvalue weighted by molar-refractivity contribution is 5.66. The molecule has 0 aliphatic carbocycles. The SMILES string of the molecule is O=C(O)CCN1CCC(c2ccc(O)cc2)CC1. The molecule has 0 bridgehead atoms. The number of phenols is 1. The normalized spacial score (nSPS) is 17.8. The third-order valence-electron chi connectivity index (χ3n) is 3.59. The van der Waals surface area contributed by atoms with Gasteiger partial charge in [0.05, 0.1) is 6.42 Å². The van der Waals surface area contributed by atoms with Gasteiger partial charge >= 0.3 is 5.97 Å². The smallest absolute Gasteiger partial charge is 0.304 e. The summed E-state index contributed by atoms with van der Waals surface area (Å²) in [7, 11) is 0. The summed E-state index contributed by atoms with van der Waals surface area (Å²) in [5.74, 6) is 0.111. The van der Waals surface area contributed by atoms with E-state index in [2.05, 4.69) is 4.90 Å². The van der Waals surface area contributed by atoms with Crippen molar-refractivity contribution in [3.05, 3.63) is 29.8 Å². The standard InChI is InChI=1S/C14H19NO3/c16-13-3-1-11(2-4-13)12-5-8-15(9-6-12)10-7-14(17)18/h1-4,12,16H,5-10H2,(H,17,18). The maximum atomic E-state index is 10.5. The second kappa shape index (κ2) is 5.87. The molecule has 2 N–H and O–H groups in total. The van der Waals surface area contributed by atoms with Gasteiger partial charge < -0.3 is 15.1 Å². The predicted octanol–water partition coefficient (Wildman–Crippen LogP) is 2.05. The van der Waals surface area contributed by atoms with Gasteiger partial charge in [-0.25, -0.2) is 0 Å². The van der Waals surface area contributed by atoms with Crippen molar-refractivity contribution in [3.63, 3.8) is 0 Å². The molecule has 1 aromatic carbocycles. The second-order valence-corrected chi connectivity index (χ2v) is 4.85. The lowest BCUT2D eigenvalue weighted by Gasteiger charge is -2.31. The number of phenolic OH excluding ortho intramolecular Hbond substituents is 1. The molecule has 4 nitrogen and oxygen atoms in total. The Morgan fingerprint density at radius 1 is 1.22 bits per heavy atom. The summed E-state index contributed by atoms with van der Waals surface area (Å²) in [5.41, 5.74) is 1.27. The molecule has 1 fully saturated rings. The van der Waals surface area contributed by atoms with Crippen LogP contribution in [0.4, 0.5) is 0 Å². The van der Waals surface area contributed by atoms with Crippen LogP contribution in [0.2, 0.25) is 0 Å². The molecule has 1 aliphatic rings. The highest BCUT2D eigenvalue weighted by Crippen LogP contribution is 2.28. The fourth-order valence-corrected chi connectivity index (χ4v) is 2.49. The van der Waals surface area contributed by atoms with Crippen molar-refractivity contribution in [1.29, 1.82) is 0 Å². The number of piperidine rings is 1. The van der Waals surface area contributed by atoms with E-state index in [1.165, 1.54) is 5.56 Å².